The van der Waals surface area contributed by atoms with Gasteiger partial charge < -0.3 is 15.3 Å². The fraction of sp³-hybridized carbons (Fsp3) is 0.667. The maximum atomic E-state index is 9.18. The van der Waals surface area contributed by atoms with Crippen molar-refractivity contribution in [3.8, 4) is 0 Å². The third kappa shape index (κ3) is 15.6. The molecule has 0 aromatic heterocycles. The average Bonchev–Trinajstić information content (AvgIpc) is 2.03. The van der Waals surface area contributed by atoms with Crippen LogP contribution >= 0.6 is 0 Å². The minimum Gasteiger partial charge on any atom is -0.394 e. The summed E-state index contributed by atoms with van der Waals surface area (Å²) in [5, 5.41) is 33.2. The highest BCUT2D eigenvalue weighted by molar-refractivity contribution is 4.60. The third-order valence-electron chi connectivity index (χ3n) is 0.539. The summed E-state index contributed by atoms with van der Waals surface area (Å²) >= 11 is 0. The van der Waals surface area contributed by atoms with E-state index < -0.39 is 6.10 Å². The number of hydrogen-bond acceptors (Lipinski definition) is 3. The standard InChI is InChI=1S/C3H8O3.C3H5O/c4-1-3(6)2-5;1-2-3-4/h3-6H,1-2H2;2H,1,3H2. The lowest BCUT2D eigenvalue weighted by Crippen LogP contribution is -2.15. The largest absolute Gasteiger partial charge is 0.394 e. The molecule has 10 heavy (non-hydrogen) atoms. The molecule has 0 amide bonds. The third-order valence-corrected chi connectivity index (χ3v) is 0.539. The highest BCUT2D eigenvalue weighted by atomic mass is 16.3. The van der Waals surface area contributed by atoms with Gasteiger partial charge in [-0.15, -0.1) is 6.58 Å². The van der Waals surface area contributed by atoms with Gasteiger partial charge in [0.15, 0.2) is 0 Å². The Morgan fingerprint density at radius 1 is 1.40 bits per heavy atom. The molecule has 0 spiro atoms. The number of rotatable bonds is 3. The van der Waals surface area contributed by atoms with E-state index in [1.807, 2.05) is 0 Å². The van der Waals surface area contributed by atoms with Gasteiger partial charge in [-0.1, -0.05) is 6.08 Å². The number of hydrogen-bond donors (Lipinski definition) is 3. The zero-order chi connectivity index (χ0) is 8.41. The van der Waals surface area contributed by atoms with Crippen molar-refractivity contribution in [2.75, 3.05) is 19.8 Å². The molecule has 1 radical (unpaired) electrons. The first-order valence-electron chi connectivity index (χ1n) is 2.81. The van der Waals surface area contributed by atoms with Crippen molar-refractivity contribution in [1.82, 2.24) is 0 Å². The molecule has 4 nitrogen and oxygen atoms in total. The van der Waals surface area contributed by atoms with Gasteiger partial charge in [-0.25, -0.2) is 5.11 Å². The molecule has 0 aliphatic rings. The Balaban J connectivity index is 0. The molecule has 3 N–H and O–H groups in total. The van der Waals surface area contributed by atoms with Gasteiger partial charge >= 0.3 is 0 Å². The van der Waals surface area contributed by atoms with Gasteiger partial charge in [-0.2, -0.15) is 0 Å². The van der Waals surface area contributed by atoms with Crippen molar-refractivity contribution in [2.45, 2.75) is 6.10 Å². The average molecular weight is 149 g/mol. The molecule has 0 heterocycles. The van der Waals surface area contributed by atoms with Crippen molar-refractivity contribution >= 4 is 0 Å². The van der Waals surface area contributed by atoms with Crippen LogP contribution in [-0.2, 0) is 5.11 Å². The molecular weight excluding hydrogens is 136 g/mol. The van der Waals surface area contributed by atoms with Crippen LogP contribution in [0.3, 0.4) is 0 Å². The highest BCUT2D eigenvalue weighted by Crippen LogP contribution is 1.71. The molecule has 0 aromatic carbocycles. The van der Waals surface area contributed by atoms with Crippen molar-refractivity contribution < 1.29 is 20.4 Å². The molecule has 61 valence electrons. The summed E-state index contributed by atoms with van der Waals surface area (Å²) in [6.07, 6.45) is 0.366. The summed E-state index contributed by atoms with van der Waals surface area (Å²) in [5.74, 6) is 0. The predicted molar refractivity (Wildman–Crippen MR) is 35.9 cm³/mol. The van der Waals surface area contributed by atoms with Crippen LogP contribution in [0.4, 0.5) is 0 Å². The monoisotopic (exact) mass is 149 g/mol. The topological polar surface area (TPSA) is 80.6 Å². The minimum absolute atomic E-state index is 0.167. The van der Waals surface area contributed by atoms with E-state index in [1.54, 1.807) is 0 Å². The highest BCUT2D eigenvalue weighted by Gasteiger charge is 1.93. The Hall–Kier alpha value is -0.420. The summed E-state index contributed by atoms with van der Waals surface area (Å²) in [6.45, 7) is 2.27. The molecule has 0 rings (SSSR count). The molecule has 0 fully saturated rings. The van der Waals surface area contributed by atoms with Crippen LogP contribution in [0.2, 0.25) is 0 Å². The molecule has 0 atom stereocenters. The van der Waals surface area contributed by atoms with Crippen LogP contribution in [0, 0.1) is 0 Å². The van der Waals surface area contributed by atoms with Gasteiger partial charge in [-0.05, 0) is 0 Å². The predicted octanol–water partition coefficient (Wildman–Crippen LogP) is -1.07. The second kappa shape index (κ2) is 11.4. The van der Waals surface area contributed by atoms with Crippen LogP contribution < -0.4 is 0 Å². The van der Waals surface area contributed by atoms with E-state index in [0.29, 0.717) is 0 Å². The van der Waals surface area contributed by atoms with Crippen molar-refractivity contribution in [3.63, 3.8) is 0 Å². The Labute approximate surface area is 60.1 Å². The quantitative estimate of drug-likeness (QED) is 0.447. The summed E-state index contributed by atoms with van der Waals surface area (Å²) < 4.78 is 0. The van der Waals surface area contributed by atoms with E-state index in [9.17, 15) is 5.11 Å². The Morgan fingerprint density at radius 2 is 1.70 bits per heavy atom. The first kappa shape index (κ1) is 12.3. The van der Waals surface area contributed by atoms with E-state index in [0.717, 1.165) is 0 Å². The Bertz CT molecular complexity index is 60.8. The van der Waals surface area contributed by atoms with Gasteiger partial charge in [0.05, 0.1) is 13.2 Å². The lowest BCUT2D eigenvalue weighted by Gasteiger charge is -1.96. The summed E-state index contributed by atoms with van der Waals surface area (Å²) in [5.41, 5.74) is 0. The molecule has 0 aliphatic heterocycles. The van der Waals surface area contributed by atoms with Crippen LogP contribution in [0.5, 0.6) is 0 Å². The van der Waals surface area contributed by atoms with Crippen LogP contribution in [0.15, 0.2) is 12.7 Å². The van der Waals surface area contributed by atoms with Gasteiger partial charge in [0, 0.05) is 0 Å². The second-order valence-electron chi connectivity index (χ2n) is 1.47. The molecule has 0 bridgehead atoms. The van der Waals surface area contributed by atoms with Gasteiger partial charge in [0.1, 0.15) is 12.7 Å². The fourth-order valence-corrected chi connectivity index (χ4v) is 0.0577. The zero-order valence-corrected chi connectivity index (χ0v) is 5.73. The molecule has 0 aliphatic carbocycles. The molecule has 0 aromatic rings. The van der Waals surface area contributed by atoms with E-state index >= 15 is 0 Å². The SMILES string of the molecule is C=CC[O].OCC(O)CO. The van der Waals surface area contributed by atoms with Crippen molar-refractivity contribution in [1.29, 1.82) is 0 Å². The summed E-state index contributed by atoms with van der Waals surface area (Å²) in [7, 11) is 0. The number of aliphatic hydroxyl groups excluding tert-OH is 3. The molecule has 0 saturated carbocycles. The van der Waals surface area contributed by atoms with Crippen molar-refractivity contribution in [3.05, 3.63) is 12.7 Å². The lowest BCUT2D eigenvalue weighted by atomic mass is 10.4. The smallest absolute Gasteiger partial charge is 0.100 e. The van der Waals surface area contributed by atoms with E-state index in [4.69, 9.17) is 15.3 Å². The van der Waals surface area contributed by atoms with E-state index in [1.165, 1.54) is 6.08 Å². The van der Waals surface area contributed by atoms with Crippen LogP contribution in [0.1, 0.15) is 0 Å². The van der Waals surface area contributed by atoms with Gasteiger partial charge in [0.25, 0.3) is 0 Å². The second-order valence-corrected chi connectivity index (χ2v) is 1.47. The summed E-state index contributed by atoms with van der Waals surface area (Å²) in [4.78, 5) is 0. The Kier molecular flexibility index (Phi) is 14.0. The number of aliphatic hydroxyl groups is 3. The van der Waals surface area contributed by atoms with E-state index in [2.05, 4.69) is 6.58 Å². The first-order valence-corrected chi connectivity index (χ1v) is 2.81. The maximum absolute atomic E-state index is 9.18. The van der Waals surface area contributed by atoms with Gasteiger partial charge in [-0.3, -0.25) is 0 Å². The normalized spacial score (nSPS) is 8.50. The molecular formula is C6H13O4. The fourth-order valence-electron chi connectivity index (χ4n) is 0.0577. The molecule has 0 saturated heterocycles. The first-order chi connectivity index (χ1) is 4.72. The van der Waals surface area contributed by atoms with Crippen LogP contribution in [0.25, 0.3) is 0 Å². The maximum Gasteiger partial charge on any atom is 0.100 e. The Morgan fingerprint density at radius 3 is 1.70 bits per heavy atom. The van der Waals surface area contributed by atoms with Gasteiger partial charge in [0.2, 0.25) is 0 Å². The summed E-state index contributed by atoms with van der Waals surface area (Å²) in [6, 6.07) is 0. The van der Waals surface area contributed by atoms with Crippen molar-refractivity contribution in [2.24, 2.45) is 0 Å². The molecule has 0 unspecified atom stereocenters. The minimum atomic E-state index is -0.954. The zero-order valence-electron chi connectivity index (χ0n) is 5.73. The van der Waals surface area contributed by atoms with E-state index in [-0.39, 0.29) is 19.8 Å². The molecule has 4 heteroatoms. The lowest BCUT2D eigenvalue weighted by molar-refractivity contribution is 0.0450. The van der Waals surface area contributed by atoms with Crippen LogP contribution in [-0.4, -0.2) is 41.2 Å².